The second-order valence-electron chi connectivity index (χ2n) is 4.42. The van der Waals surface area contributed by atoms with Crippen LogP contribution in [0.1, 0.15) is 28.4 Å². The van der Waals surface area contributed by atoms with Crippen LogP contribution in [0.15, 0.2) is 35.7 Å². The van der Waals surface area contributed by atoms with Gasteiger partial charge in [-0.1, -0.05) is 31.2 Å². The molecule has 1 aromatic carbocycles. The number of carbonyl (C=O) groups excluding carboxylic acids is 2. The molecule has 0 unspecified atom stereocenters. The number of hydrogen-bond donors (Lipinski definition) is 2. The average Bonchev–Trinajstić information content (AvgIpc) is 2.87. The minimum atomic E-state index is -0.533. The van der Waals surface area contributed by atoms with Gasteiger partial charge in [-0.05, 0) is 29.0 Å². The predicted molar refractivity (Wildman–Crippen MR) is 81.0 cm³/mol. The summed E-state index contributed by atoms with van der Waals surface area (Å²) < 4.78 is 0. The number of aryl methyl sites for hydroxylation is 1. The molecule has 0 bridgehead atoms. The summed E-state index contributed by atoms with van der Waals surface area (Å²) in [5.41, 5.74) is 7.77. The third kappa shape index (κ3) is 3.45. The fraction of sp³-hybridized carbons (Fsp3) is 0.200. The number of hydrogen-bond acceptors (Lipinski definition) is 3. The topological polar surface area (TPSA) is 72.2 Å². The lowest BCUT2D eigenvalue weighted by atomic mass is 10.1. The fourth-order valence-electron chi connectivity index (χ4n) is 1.85. The zero-order valence-electron chi connectivity index (χ0n) is 11.2. The predicted octanol–water partition coefficient (Wildman–Crippen LogP) is 2.59. The fourth-order valence-corrected chi connectivity index (χ4v) is 2.66. The van der Waals surface area contributed by atoms with Gasteiger partial charge in [0.15, 0.2) is 0 Å². The van der Waals surface area contributed by atoms with Crippen molar-refractivity contribution in [2.45, 2.75) is 19.8 Å². The van der Waals surface area contributed by atoms with E-state index in [-0.39, 0.29) is 12.3 Å². The normalized spacial score (nSPS) is 10.2. The summed E-state index contributed by atoms with van der Waals surface area (Å²) >= 11 is 1.29. The highest BCUT2D eigenvalue weighted by atomic mass is 32.1. The molecule has 1 aromatic heterocycles. The molecule has 2 rings (SSSR count). The molecule has 0 atom stereocenters. The molecule has 20 heavy (non-hydrogen) atoms. The van der Waals surface area contributed by atoms with Crippen molar-refractivity contribution in [1.29, 1.82) is 0 Å². The van der Waals surface area contributed by atoms with Crippen molar-refractivity contribution < 1.29 is 9.59 Å². The zero-order chi connectivity index (χ0) is 14.5. The Morgan fingerprint density at radius 2 is 1.80 bits per heavy atom. The number of anilines is 1. The quantitative estimate of drug-likeness (QED) is 0.887. The number of rotatable bonds is 5. The summed E-state index contributed by atoms with van der Waals surface area (Å²) in [4.78, 5) is 23.1. The molecule has 0 aliphatic carbocycles. The van der Waals surface area contributed by atoms with Gasteiger partial charge in [-0.25, -0.2) is 0 Å². The van der Waals surface area contributed by atoms with Crippen molar-refractivity contribution in [1.82, 2.24) is 0 Å². The molecule has 0 spiro atoms. The first-order valence-electron chi connectivity index (χ1n) is 6.35. The highest BCUT2D eigenvalue weighted by Gasteiger charge is 2.12. The van der Waals surface area contributed by atoms with Crippen LogP contribution in [-0.2, 0) is 17.6 Å². The van der Waals surface area contributed by atoms with Gasteiger partial charge in [0.05, 0.1) is 12.0 Å². The first-order valence-corrected chi connectivity index (χ1v) is 7.23. The maximum Gasteiger partial charge on any atom is 0.251 e. The van der Waals surface area contributed by atoms with Crippen LogP contribution in [-0.4, -0.2) is 11.8 Å². The summed E-state index contributed by atoms with van der Waals surface area (Å²) in [7, 11) is 0. The lowest BCUT2D eigenvalue weighted by molar-refractivity contribution is -0.115. The Morgan fingerprint density at radius 3 is 2.40 bits per heavy atom. The van der Waals surface area contributed by atoms with Crippen molar-refractivity contribution in [2.24, 2.45) is 5.73 Å². The number of nitrogens with one attached hydrogen (secondary N) is 1. The van der Waals surface area contributed by atoms with Gasteiger partial charge in [0.25, 0.3) is 5.91 Å². The van der Waals surface area contributed by atoms with E-state index >= 15 is 0 Å². The molecule has 3 N–H and O–H groups in total. The van der Waals surface area contributed by atoms with Crippen molar-refractivity contribution >= 4 is 28.2 Å². The van der Waals surface area contributed by atoms with Crippen LogP contribution in [0.4, 0.5) is 5.00 Å². The molecule has 1 heterocycles. The summed E-state index contributed by atoms with van der Waals surface area (Å²) in [6.45, 7) is 2.09. The molecule has 0 fully saturated rings. The highest BCUT2D eigenvalue weighted by Crippen LogP contribution is 2.22. The first-order chi connectivity index (χ1) is 9.60. The maximum atomic E-state index is 12.0. The Hall–Kier alpha value is -2.14. The number of primary amides is 1. The largest absolute Gasteiger partial charge is 0.366 e. The summed E-state index contributed by atoms with van der Waals surface area (Å²) in [5, 5.41) is 4.96. The van der Waals surface area contributed by atoms with Crippen LogP contribution in [0.3, 0.4) is 0 Å². The molecule has 0 saturated heterocycles. The van der Waals surface area contributed by atoms with E-state index in [9.17, 15) is 9.59 Å². The Labute approximate surface area is 121 Å². The molecule has 4 nitrogen and oxygen atoms in total. The standard InChI is InChI=1S/C15H16N2O2S/c1-2-10-3-5-11(6-4-10)9-13(18)17-15-12(14(16)19)7-8-20-15/h3-8H,2,9H2,1H3,(H2,16,19)(H,17,18). The number of amides is 2. The summed E-state index contributed by atoms with van der Waals surface area (Å²) in [6, 6.07) is 9.54. The van der Waals surface area contributed by atoms with Crippen molar-refractivity contribution in [3.8, 4) is 0 Å². The number of thiophene rings is 1. The van der Waals surface area contributed by atoms with Crippen LogP contribution < -0.4 is 11.1 Å². The zero-order valence-corrected chi connectivity index (χ0v) is 12.0. The second kappa shape index (κ2) is 6.34. The summed E-state index contributed by atoms with van der Waals surface area (Å²) in [5.74, 6) is -0.687. The van der Waals surface area contributed by atoms with Crippen LogP contribution >= 0.6 is 11.3 Å². The van der Waals surface area contributed by atoms with Crippen molar-refractivity contribution in [2.75, 3.05) is 5.32 Å². The van der Waals surface area contributed by atoms with E-state index < -0.39 is 5.91 Å². The monoisotopic (exact) mass is 288 g/mol. The highest BCUT2D eigenvalue weighted by molar-refractivity contribution is 7.14. The summed E-state index contributed by atoms with van der Waals surface area (Å²) in [6.07, 6.45) is 1.25. The van der Waals surface area contributed by atoms with Gasteiger partial charge in [0.1, 0.15) is 5.00 Å². The Kier molecular flexibility index (Phi) is 4.53. The van der Waals surface area contributed by atoms with Gasteiger partial charge in [-0.15, -0.1) is 11.3 Å². The molecule has 0 saturated carbocycles. The van der Waals surface area contributed by atoms with Gasteiger partial charge < -0.3 is 11.1 Å². The lowest BCUT2D eigenvalue weighted by Gasteiger charge is -2.05. The van der Waals surface area contributed by atoms with E-state index in [0.29, 0.717) is 10.6 Å². The van der Waals surface area contributed by atoms with Gasteiger partial charge in [0, 0.05) is 0 Å². The average molecular weight is 288 g/mol. The van der Waals surface area contributed by atoms with Crippen molar-refractivity contribution in [3.63, 3.8) is 0 Å². The third-order valence-corrected chi connectivity index (χ3v) is 3.81. The molecule has 0 aliphatic heterocycles. The van der Waals surface area contributed by atoms with Gasteiger partial charge >= 0.3 is 0 Å². The van der Waals surface area contributed by atoms with E-state index in [1.807, 2.05) is 24.3 Å². The molecule has 5 heteroatoms. The minimum Gasteiger partial charge on any atom is -0.366 e. The molecular weight excluding hydrogens is 272 g/mol. The second-order valence-corrected chi connectivity index (χ2v) is 5.34. The Balaban J connectivity index is 2.01. The van der Waals surface area contributed by atoms with Crippen LogP contribution in [0.25, 0.3) is 0 Å². The van der Waals surface area contributed by atoms with E-state index in [1.165, 1.54) is 16.9 Å². The molecular formula is C15H16N2O2S. The lowest BCUT2D eigenvalue weighted by Crippen LogP contribution is -2.17. The first kappa shape index (κ1) is 14.3. The smallest absolute Gasteiger partial charge is 0.251 e. The molecule has 2 aromatic rings. The van der Waals surface area contributed by atoms with Crippen molar-refractivity contribution in [3.05, 3.63) is 52.4 Å². The van der Waals surface area contributed by atoms with E-state index in [0.717, 1.165) is 12.0 Å². The number of carbonyl (C=O) groups is 2. The molecule has 2 amide bonds. The number of benzene rings is 1. The minimum absolute atomic E-state index is 0.154. The molecule has 0 aliphatic rings. The van der Waals surface area contributed by atoms with E-state index in [2.05, 4.69) is 12.2 Å². The van der Waals surface area contributed by atoms with Crippen LogP contribution in [0, 0.1) is 0 Å². The van der Waals surface area contributed by atoms with E-state index in [4.69, 9.17) is 5.73 Å². The van der Waals surface area contributed by atoms with Gasteiger partial charge in [0.2, 0.25) is 5.91 Å². The Bertz CT molecular complexity index is 617. The molecule has 104 valence electrons. The number of nitrogens with two attached hydrogens (primary N) is 1. The van der Waals surface area contributed by atoms with Crippen LogP contribution in [0.2, 0.25) is 0 Å². The maximum absolute atomic E-state index is 12.0. The SMILES string of the molecule is CCc1ccc(CC(=O)Nc2sccc2C(N)=O)cc1. The Morgan fingerprint density at radius 1 is 1.15 bits per heavy atom. The van der Waals surface area contributed by atoms with Gasteiger partial charge in [-0.3, -0.25) is 9.59 Å². The van der Waals surface area contributed by atoms with Gasteiger partial charge in [-0.2, -0.15) is 0 Å². The third-order valence-electron chi connectivity index (χ3n) is 2.98. The van der Waals surface area contributed by atoms with E-state index in [1.54, 1.807) is 11.4 Å². The molecule has 0 radical (unpaired) electrons. The van der Waals surface area contributed by atoms with Crippen LogP contribution in [0.5, 0.6) is 0 Å².